The number of rotatable bonds is 2. The van der Waals surface area contributed by atoms with Gasteiger partial charge in [-0.3, -0.25) is 4.79 Å². The molecule has 0 radical (unpaired) electrons. The zero-order valence-electron chi connectivity index (χ0n) is 10.1. The quantitative estimate of drug-likeness (QED) is 0.685. The van der Waals surface area contributed by atoms with Crippen LogP contribution in [0.15, 0.2) is 0 Å². The predicted octanol–water partition coefficient (Wildman–Crippen LogP) is 2.83. The Bertz CT molecular complexity index is 237. The van der Waals surface area contributed by atoms with Gasteiger partial charge in [0, 0.05) is 18.5 Å². The van der Waals surface area contributed by atoms with Gasteiger partial charge in [0.1, 0.15) is 0 Å². The molecule has 86 valence electrons. The van der Waals surface area contributed by atoms with Gasteiger partial charge in [0.2, 0.25) is 5.91 Å². The van der Waals surface area contributed by atoms with Crippen LogP contribution in [0.1, 0.15) is 52.4 Å². The Morgan fingerprint density at radius 1 is 1.33 bits per heavy atom. The molecule has 2 aliphatic rings. The second-order valence-corrected chi connectivity index (χ2v) is 5.56. The molecule has 1 saturated heterocycles. The zero-order chi connectivity index (χ0) is 10.9. The topological polar surface area (TPSA) is 20.3 Å². The van der Waals surface area contributed by atoms with Crippen molar-refractivity contribution in [3.8, 4) is 0 Å². The summed E-state index contributed by atoms with van der Waals surface area (Å²) < 4.78 is 0. The first-order valence-electron chi connectivity index (χ1n) is 6.45. The molecule has 1 aliphatic heterocycles. The molecule has 15 heavy (non-hydrogen) atoms. The van der Waals surface area contributed by atoms with Crippen LogP contribution < -0.4 is 0 Å². The van der Waals surface area contributed by atoms with Crippen molar-refractivity contribution in [1.82, 2.24) is 4.90 Å². The van der Waals surface area contributed by atoms with E-state index in [9.17, 15) is 4.79 Å². The van der Waals surface area contributed by atoms with Crippen LogP contribution in [0.3, 0.4) is 0 Å². The standard InChI is InChI=1S/C13H23NO/c1-3-11-5-9-14(10-6-11)12(15)13(2)7-4-8-13/h11H,3-10H2,1-2H3. The van der Waals surface area contributed by atoms with Crippen LogP contribution in [0.25, 0.3) is 0 Å². The second-order valence-electron chi connectivity index (χ2n) is 5.56. The van der Waals surface area contributed by atoms with Gasteiger partial charge in [0.05, 0.1) is 0 Å². The lowest BCUT2D eigenvalue weighted by molar-refractivity contribution is -0.147. The van der Waals surface area contributed by atoms with Gasteiger partial charge in [-0.1, -0.05) is 26.7 Å². The van der Waals surface area contributed by atoms with Crippen LogP contribution in [0.5, 0.6) is 0 Å². The van der Waals surface area contributed by atoms with Crippen molar-refractivity contribution in [2.24, 2.45) is 11.3 Å². The lowest BCUT2D eigenvalue weighted by Crippen LogP contribution is -2.48. The number of carbonyl (C=O) groups excluding carboxylic acids is 1. The first-order valence-corrected chi connectivity index (χ1v) is 6.45. The molecular weight excluding hydrogens is 186 g/mol. The van der Waals surface area contributed by atoms with Gasteiger partial charge >= 0.3 is 0 Å². The van der Waals surface area contributed by atoms with Gasteiger partial charge in [-0.25, -0.2) is 0 Å². The number of likely N-dealkylation sites (tertiary alicyclic amines) is 1. The first kappa shape index (κ1) is 11.0. The summed E-state index contributed by atoms with van der Waals surface area (Å²) in [6.45, 7) is 6.42. The van der Waals surface area contributed by atoms with Crippen LogP contribution in [-0.2, 0) is 4.79 Å². The highest BCUT2D eigenvalue weighted by Crippen LogP contribution is 2.42. The molecule has 0 atom stereocenters. The Hall–Kier alpha value is -0.530. The second kappa shape index (κ2) is 4.15. The SMILES string of the molecule is CCC1CCN(C(=O)C2(C)CCC2)CC1. The van der Waals surface area contributed by atoms with Gasteiger partial charge in [0.25, 0.3) is 0 Å². The minimum Gasteiger partial charge on any atom is -0.342 e. The maximum absolute atomic E-state index is 12.2. The first-order chi connectivity index (χ1) is 7.15. The number of piperidine rings is 1. The molecular formula is C13H23NO. The molecule has 1 amide bonds. The maximum atomic E-state index is 12.2. The van der Waals surface area contributed by atoms with E-state index in [2.05, 4.69) is 18.7 Å². The number of amides is 1. The molecule has 1 saturated carbocycles. The molecule has 2 fully saturated rings. The average molecular weight is 209 g/mol. The van der Waals surface area contributed by atoms with E-state index in [1.165, 1.54) is 25.7 Å². The van der Waals surface area contributed by atoms with E-state index in [0.29, 0.717) is 5.91 Å². The van der Waals surface area contributed by atoms with Crippen molar-refractivity contribution >= 4 is 5.91 Å². The molecule has 1 heterocycles. The summed E-state index contributed by atoms with van der Waals surface area (Å²) in [6, 6.07) is 0. The third kappa shape index (κ3) is 2.04. The van der Waals surface area contributed by atoms with E-state index in [1.54, 1.807) is 0 Å². The molecule has 2 heteroatoms. The van der Waals surface area contributed by atoms with E-state index in [1.807, 2.05) is 0 Å². The van der Waals surface area contributed by atoms with Crippen molar-refractivity contribution < 1.29 is 4.79 Å². The Morgan fingerprint density at radius 3 is 2.33 bits per heavy atom. The minimum absolute atomic E-state index is 0.0129. The van der Waals surface area contributed by atoms with Gasteiger partial charge in [0.15, 0.2) is 0 Å². The smallest absolute Gasteiger partial charge is 0.228 e. The maximum Gasteiger partial charge on any atom is 0.228 e. The molecule has 1 aliphatic carbocycles. The summed E-state index contributed by atoms with van der Waals surface area (Å²) in [5, 5.41) is 0. The minimum atomic E-state index is 0.0129. The fourth-order valence-corrected chi connectivity index (χ4v) is 2.85. The van der Waals surface area contributed by atoms with E-state index < -0.39 is 0 Å². The molecule has 2 nitrogen and oxygen atoms in total. The van der Waals surface area contributed by atoms with Crippen molar-refractivity contribution in [2.45, 2.75) is 52.4 Å². The monoisotopic (exact) mass is 209 g/mol. The summed E-state index contributed by atoms with van der Waals surface area (Å²) in [4.78, 5) is 14.3. The summed E-state index contributed by atoms with van der Waals surface area (Å²) in [6.07, 6.45) is 7.18. The highest BCUT2D eigenvalue weighted by molar-refractivity contribution is 5.83. The Labute approximate surface area is 93.0 Å². The number of carbonyl (C=O) groups is 1. The molecule has 0 N–H and O–H groups in total. The van der Waals surface area contributed by atoms with Crippen molar-refractivity contribution in [1.29, 1.82) is 0 Å². The summed E-state index contributed by atoms with van der Waals surface area (Å²) in [5.74, 6) is 1.30. The molecule has 0 aromatic rings. The highest BCUT2D eigenvalue weighted by Gasteiger charge is 2.42. The van der Waals surface area contributed by atoms with Crippen molar-refractivity contribution in [3.63, 3.8) is 0 Å². The average Bonchev–Trinajstić information content (AvgIpc) is 2.25. The van der Waals surface area contributed by atoms with E-state index >= 15 is 0 Å². The lowest BCUT2D eigenvalue weighted by Gasteiger charge is -2.43. The predicted molar refractivity (Wildman–Crippen MR) is 61.6 cm³/mol. The third-order valence-corrected chi connectivity index (χ3v) is 4.45. The summed E-state index contributed by atoms with van der Waals surface area (Å²) >= 11 is 0. The molecule has 2 rings (SSSR count). The van der Waals surface area contributed by atoms with Crippen LogP contribution >= 0.6 is 0 Å². The van der Waals surface area contributed by atoms with Gasteiger partial charge in [-0.2, -0.15) is 0 Å². The zero-order valence-corrected chi connectivity index (χ0v) is 10.1. The van der Waals surface area contributed by atoms with E-state index in [0.717, 1.165) is 31.8 Å². The number of hydrogen-bond acceptors (Lipinski definition) is 1. The number of nitrogens with zero attached hydrogens (tertiary/aromatic N) is 1. The Balaban J connectivity index is 1.87. The van der Waals surface area contributed by atoms with Crippen molar-refractivity contribution in [3.05, 3.63) is 0 Å². The van der Waals surface area contributed by atoms with Crippen LogP contribution in [-0.4, -0.2) is 23.9 Å². The fraction of sp³-hybridized carbons (Fsp3) is 0.923. The molecule has 0 aromatic carbocycles. The van der Waals surface area contributed by atoms with Crippen LogP contribution in [0.4, 0.5) is 0 Å². The molecule has 0 spiro atoms. The fourth-order valence-electron chi connectivity index (χ4n) is 2.85. The number of hydrogen-bond donors (Lipinski definition) is 0. The van der Waals surface area contributed by atoms with Crippen LogP contribution in [0.2, 0.25) is 0 Å². The molecule has 0 aromatic heterocycles. The Kier molecular flexibility index (Phi) is 3.03. The van der Waals surface area contributed by atoms with Crippen LogP contribution in [0, 0.1) is 11.3 Å². The largest absolute Gasteiger partial charge is 0.342 e. The summed E-state index contributed by atoms with van der Waals surface area (Å²) in [7, 11) is 0. The van der Waals surface area contributed by atoms with E-state index in [4.69, 9.17) is 0 Å². The van der Waals surface area contributed by atoms with Gasteiger partial charge < -0.3 is 4.90 Å². The Morgan fingerprint density at radius 2 is 1.93 bits per heavy atom. The van der Waals surface area contributed by atoms with Gasteiger partial charge in [-0.05, 0) is 31.6 Å². The molecule has 0 bridgehead atoms. The summed E-state index contributed by atoms with van der Waals surface area (Å²) in [5.41, 5.74) is 0.0129. The van der Waals surface area contributed by atoms with Crippen molar-refractivity contribution in [2.75, 3.05) is 13.1 Å². The normalized spacial score (nSPS) is 26.1. The van der Waals surface area contributed by atoms with Gasteiger partial charge in [-0.15, -0.1) is 0 Å². The highest BCUT2D eigenvalue weighted by atomic mass is 16.2. The third-order valence-electron chi connectivity index (χ3n) is 4.45. The molecule has 0 unspecified atom stereocenters. The van der Waals surface area contributed by atoms with E-state index in [-0.39, 0.29) is 5.41 Å². The lowest BCUT2D eigenvalue weighted by atomic mass is 9.69.